The maximum atomic E-state index is 13.3. The van der Waals surface area contributed by atoms with Gasteiger partial charge in [-0.1, -0.05) is 12.1 Å². The van der Waals surface area contributed by atoms with Crippen molar-refractivity contribution in [3.63, 3.8) is 0 Å². The summed E-state index contributed by atoms with van der Waals surface area (Å²) >= 11 is 0. The van der Waals surface area contributed by atoms with Crippen LogP contribution < -0.4 is 5.32 Å². The second-order valence-corrected chi connectivity index (χ2v) is 8.47. The van der Waals surface area contributed by atoms with Crippen LogP contribution in [-0.2, 0) is 9.47 Å². The molecule has 2 aliphatic heterocycles. The van der Waals surface area contributed by atoms with Crippen LogP contribution in [0.25, 0.3) is 0 Å². The van der Waals surface area contributed by atoms with Crippen molar-refractivity contribution in [1.82, 2.24) is 15.1 Å². The zero-order chi connectivity index (χ0) is 20.9. The van der Waals surface area contributed by atoms with Crippen molar-refractivity contribution < 1.29 is 13.9 Å². The van der Waals surface area contributed by atoms with Crippen molar-refractivity contribution in [2.24, 2.45) is 4.99 Å². The van der Waals surface area contributed by atoms with E-state index in [1.165, 1.54) is 12.1 Å². The number of nitrogens with zero attached hydrogens (tertiary/aromatic N) is 3. The average molecular weight is 407 g/mol. The molecule has 0 radical (unpaired) electrons. The van der Waals surface area contributed by atoms with E-state index >= 15 is 0 Å². The van der Waals surface area contributed by atoms with Crippen LogP contribution in [-0.4, -0.2) is 79.9 Å². The maximum absolute atomic E-state index is 13.3. The first-order valence-corrected chi connectivity index (χ1v) is 10.7. The minimum absolute atomic E-state index is 0.0291. The second kappa shape index (κ2) is 9.87. The molecule has 29 heavy (non-hydrogen) atoms. The molecule has 0 saturated carbocycles. The van der Waals surface area contributed by atoms with Gasteiger partial charge in [-0.2, -0.15) is 0 Å². The van der Waals surface area contributed by atoms with Crippen LogP contribution in [0.5, 0.6) is 0 Å². The fourth-order valence-electron chi connectivity index (χ4n) is 3.95. The molecule has 0 aromatic heterocycles. The van der Waals surface area contributed by atoms with Crippen LogP contribution >= 0.6 is 0 Å². The van der Waals surface area contributed by atoms with Crippen molar-refractivity contribution in [1.29, 1.82) is 0 Å². The number of ether oxygens (including phenoxy) is 2. The molecule has 0 amide bonds. The van der Waals surface area contributed by atoms with Crippen molar-refractivity contribution in [3.05, 3.63) is 35.6 Å². The molecule has 7 heteroatoms. The van der Waals surface area contributed by atoms with Crippen LogP contribution in [0.15, 0.2) is 29.3 Å². The van der Waals surface area contributed by atoms with E-state index in [4.69, 9.17) is 14.5 Å². The van der Waals surface area contributed by atoms with Crippen molar-refractivity contribution in [2.75, 3.05) is 52.5 Å². The molecule has 0 spiro atoms. The van der Waals surface area contributed by atoms with Gasteiger partial charge in [0, 0.05) is 31.7 Å². The third kappa shape index (κ3) is 5.90. The second-order valence-electron chi connectivity index (χ2n) is 8.47. The lowest BCUT2D eigenvalue weighted by atomic mass is 10.0. The largest absolute Gasteiger partial charge is 0.379 e. The third-order valence-electron chi connectivity index (χ3n) is 5.62. The molecule has 1 aromatic carbocycles. The van der Waals surface area contributed by atoms with E-state index in [9.17, 15) is 4.39 Å². The summed E-state index contributed by atoms with van der Waals surface area (Å²) < 4.78 is 24.9. The number of guanidine groups is 1. The molecule has 162 valence electrons. The first kappa shape index (κ1) is 22.0. The lowest BCUT2D eigenvalue weighted by Crippen LogP contribution is -2.53. The predicted molar refractivity (Wildman–Crippen MR) is 114 cm³/mol. The van der Waals surface area contributed by atoms with E-state index in [0.29, 0.717) is 13.1 Å². The molecular weight excluding hydrogens is 371 g/mol. The number of morpholine rings is 2. The molecule has 0 bridgehead atoms. The number of rotatable bonds is 5. The van der Waals surface area contributed by atoms with Gasteiger partial charge in [0.25, 0.3) is 0 Å². The molecule has 2 heterocycles. The number of aliphatic imine (C=N–C) groups is 1. The fraction of sp³-hybridized carbons (Fsp3) is 0.682. The van der Waals surface area contributed by atoms with Gasteiger partial charge in [0.15, 0.2) is 5.96 Å². The van der Waals surface area contributed by atoms with Gasteiger partial charge in [0.05, 0.1) is 32.4 Å². The maximum Gasteiger partial charge on any atom is 0.194 e. The Morgan fingerprint density at radius 2 is 1.90 bits per heavy atom. The number of hydrogen-bond donors (Lipinski definition) is 1. The molecule has 2 unspecified atom stereocenters. The van der Waals surface area contributed by atoms with Gasteiger partial charge >= 0.3 is 0 Å². The van der Waals surface area contributed by atoms with E-state index in [1.807, 2.05) is 12.1 Å². The molecule has 6 nitrogen and oxygen atoms in total. The summed E-state index contributed by atoms with van der Waals surface area (Å²) in [5.74, 6) is 0.686. The zero-order valence-electron chi connectivity index (χ0n) is 18.2. The minimum atomic E-state index is -0.227. The monoisotopic (exact) mass is 406 g/mol. The SMILES string of the molecule is CCNC(=NCC(C)(C)N1CCOCC1)N1CC(C)OC(c2ccc(F)cc2)C1. The quantitative estimate of drug-likeness (QED) is 0.602. The highest BCUT2D eigenvalue weighted by molar-refractivity contribution is 5.80. The van der Waals surface area contributed by atoms with E-state index in [-0.39, 0.29) is 23.6 Å². The summed E-state index contributed by atoms with van der Waals surface area (Å²) in [5, 5.41) is 3.45. The van der Waals surface area contributed by atoms with Gasteiger partial charge < -0.3 is 19.7 Å². The molecule has 2 aliphatic rings. The Bertz CT molecular complexity index is 674. The van der Waals surface area contributed by atoms with Gasteiger partial charge in [-0.3, -0.25) is 9.89 Å². The lowest BCUT2D eigenvalue weighted by molar-refractivity contribution is -0.0606. The van der Waals surface area contributed by atoms with Gasteiger partial charge in [-0.05, 0) is 45.4 Å². The number of hydrogen-bond acceptors (Lipinski definition) is 4. The van der Waals surface area contributed by atoms with E-state index in [2.05, 4.69) is 42.8 Å². The molecule has 2 saturated heterocycles. The highest BCUT2D eigenvalue weighted by atomic mass is 19.1. The highest BCUT2D eigenvalue weighted by Crippen LogP contribution is 2.26. The Hall–Kier alpha value is -1.70. The fourth-order valence-corrected chi connectivity index (χ4v) is 3.95. The molecule has 1 aromatic rings. The lowest BCUT2D eigenvalue weighted by Gasteiger charge is -2.41. The third-order valence-corrected chi connectivity index (χ3v) is 5.62. The van der Waals surface area contributed by atoms with Crippen molar-refractivity contribution in [3.8, 4) is 0 Å². The van der Waals surface area contributed by atoms with Crippen molar-refractivity contribution >= 4 is 5.96 Å². The molecule has 2 atom stereocenters. The van der Waals surface area contributed by atoms with Gasteiger partial charge in [0.1, 0.15) is 11.9 Å². The summed E-state index contributed by atoms with van der Waals surface area (Å²) in [6, 6.07) is 6.60. The molecule has 0 aliphatic carbocycles. The van der Waals surface area contributed by atoms with Crippen LogP contribution in [0.1, 0.15) is 39.4 Å². The number of nitrogens with one attached hydrogen (secondary N) is 1. The molecule has 1 N–H and O–H groups in total. The van der Waals surface area contributed by atoms with E-state index < -0.39 is 0 Å². The van der Waals surface area contributed by atoms with Gasteiger partial charge in [0.2, 0.25) is 0 Å². The average Bonchev–Trinajstić information content (AvgIpc) is 2.72. The van der Waals surface area contributed by atoms with Crippen molar-refractivity contribution in [2.45, 2.75) is 45.4 Å². The smallest absolute Gasteiger partial charge is 0.194 e. The Morgan fingerprint density at radius 3 is 2.55 bits per heavy atom. The molecule has 2 fully saturated rings. The first-order chi connectivity index (χ1) is 13.9. The summed E-state index contributed by atoms with van der Waals surface area (Å²) in [4.78, 5) is 9.71. The standard InChI is InChI=1S/C22H35FN4O2/c1-5-24-21(25-16-22(3,4)27-10-12-28-13-11-27)26-14-17(2)29-20(15-26)18-6-8-19(23)9-7-18/h6-9,17,20H,5,10-16H2,1-4H3,(H,24,25). The van der Waals surface area contributed by atoms with Crippen LogP contribution in [0, 0.1) is 5.82 Å². The van der Waals surface area contributed by atoms with E-state index in [1.54, 1.807) is 0 Å². The normalized spacial score (nSPS) is 24.6. The Kier molecular flexibility index (Phi) is 7.49. The van der Waals surface area contributed by atoms with E-state index in [0.717, 1.165) is 50.9 Å². The molecule has 3 rings (SSSR count). The number of halogens is 1. The van der Waals surface area contributed by atoms with Crippen LogP contribution in [0.3, 0.4) is 0 Å². The zero-order valence-corrected chi connectivity index (χ0v) is 18.2. The topological polar surface area (TPSA) is 49.3 Å². The summed E-state index contributed by atoms with van der Waals surface area (Å²) in [6.45, 7) is 15.1. The van der Waals surface area contributed by atoms with Crippen LogP contribution in [0.2, 0.25) is 0 Å². The minimum Gasteiger partial charge on any atom is -0.379 e. The Labute approximate surface area is 174 Å². The summed E-state index contributed by atoms with van der Waals surface area (Å²) in [5.41, 5.74) is 0.964. The number of benzene rings is 1. The Balaban J connectivity index is 1.72. The molecular formula is C22H35FN4O2. The first-order valence-electron chi connectivity index (χ1n) is 10.7. The highest BCUT2D eigenvalue weighted by Gasteiger charge is 2.31. The van der Waals surface area contributed by atoms with Gasteiger partial charge in [-0.25, -0.2) is 4.39 Å². The Morgan fingerprint density at radius 1 is 1.21 bits per heavy atom. The van der Waals surface area contributed by atoms with Crippen LogP contribution in [0.4, 0.5) is 4.39 Å². The summed E-state index contributed by atoms with van der Waals surface area (Å²) in [6.07, 6.45) is -0.0367. The predicted octanol–water partition coefficient (Wildman–Crippen LogP) is 2.66. The summed E-state index contributed by atoms with van der Waals surface area (Å²) in [7, 11) is 0. The van der Waals surface area contributed by atoms with Gasteiger partial charge in [-0.15, -0.1) is 0 Å².